The second kappa shape index (κ2) is 10.1. The topological polar surface area (TPSA) is 66.0 Å². The quantitative estimate of drug-likeness (QED) is 0.430. The molecular weight excluding hydrogens is 328 g/mol. The van der Waals surface area contributed by atoms with Gasteiger partial charge in [0.2, 0.25) is 5.91 Å². The van der Waals surface area contributed by atoms with E-state index in [-0.39, 0.29) is 11.3 Å². The Kier molecular flexibility index (Phi) is 8.19. The van der Waals surface area contributed by atoms with E-state index >= 15 is 0 Å². The van der Waals surface area contributed by atoms with Gasteiger partial charge in [0.15, 0.2) is 5.96 Å². The summed E-state index contributed by atoms with van der Waals surface area (Å²) in [6.45, 7) is 9.97. The number of carbonyl (C=O) groups excluding carboxylic acids is 1. The van der Waals surface area contributed by atoms with Gasteiger partial charge in [-0.05, 0) is 31.6 Å². The molecule has 2 rings (SSSR count). The molecule has 0 aromatic carbocycles. The lowest BCUT2D eigenvalue weighted by Gasteiger charge is -2.34. The van der Waals surface area contributed by atoms with Crippen LogP contribution >= 0.6 is 0 Å². The number of nitrogens with zero attached hydrogens (tertiary/aromatic N) is 2. The molecule has 0 aromatic heterocycles. The van der Waals surface area contributed by atoms with Crippen LogP contribution in [0.2, 0.25) is 0 Å². The summed E-state index contributed by atoms with van der Waals surface area (Å²) in [5, 5.41) is 6.32. The smallest absolute Gasteiger partial charge is 0.225 e. The molecule has 26 heavy (non-hydrogen) atoms. The molecule has 1 saturated heterocycles. The third-order valence-corrected chi connectivity index (χ3v) is 5.37. The Bertz CT molecular complexity index is 459. The van der Waals surface area contributed by atoms with Gasteiger partial charge in [0.05, 0.1) is 6.10 Å². The number of carbonyl (C=O) groups is 1. The van der Waals surface area contributed by atoms with Crippen molar-refractivity contribution in [2.24, 2.45) is 16.3 Å². The van der Waals surface area contributed by atoms with Crippen LogP contribution in [-0.4, -0.2) is 62.7 Å². The first-order valence-electron chi connectivity index (χ1n) is 10.3. The van der Waals surface area contributed by atoms with Gasteiger partial charge in [-0.3, -0.25) is 9.79 Å². The number of rotatable bonds is 6. The van der Waals surface area contributed by atoms with Crippen molar-refractivity contribution < 1.29 is 9.53 Å². The zero-order chi connectivity index (χ0) is 19.0. The van der Waals surface area contributed by atoms with Gasteiger partial charge in [-0.25, -0.2) is 0 Å². The zero-order valence-corrected chi connectivity index (χ0v) is 17.1. The number of ether oxygens (including phenoxy) is 1. The number of amides is 1. The Morgan fingerprint density at radius 3 is 2.27 bits per heavy atom. The van der Waals surface area contributed by atoms with Crippen LogP contribution in [0, 0.1) is 11.3 Å². The average molecular weight is 367 g/mol. The van der Waals surface area contributed by atoms with Gasteiger partial charge in [0, 0.05) is 45.2 Å². The minimum Gasteiger partial charge on any atom is -0.378 e. The first kappa shape index (κ1) is 21.0. The molecule has 1 saturated carbocycles. The Balaban J connectivity index is 1.62. The molecule has 0 unspecified atom stereocenters. The van der Waals surface area contributed by atoms with Crippen molar-refractivity contribution in [3.8, 4) is 0 Å². The van der Waals surface area contributed by atoms with E-state index < -0.39 is 0 Å². The van der Waals surface area contributed by atoms with Crippen molar-refractivity contribution in [3.63, 3.8) is 0 Å². The highest BCUT2D eigenvalue weighted by Gasteiger charge is 2.24. The highest BCUT2D eigenvalue weighted by molar-refractivity contribution is 5.82. The Labute approximate surface area is 159 Å². The number of aliphatic imine (C=N–C) groups is 1. The Morgan fingerprint density at radius 1 is 1.08 bits per heavy atom. The first-order chi connectivity index (χ1) is 12.4. The number of nitrogens with one attached hydrogen (secondary N) is 2. The van der Waals surface area contributed by atoms with Crippen molar-refractivity contribution >= 4 is 11.9 Å². The highest BCUT2D eigenvalue weighted by Crippen LogP contribution is 2.26. The van der Waals surface area contributed by atoms with Gasteiger partial charge in [0.1, 0.15) is 0 Å². The van der Waals surface area contributed by atoms with Crippen LogP contribution in [0.15, 0.2) is 4.99 Å². The van der Waals surface area contributed by atoms with Crippen molar-refractivity contribution in [3.05, 3.63) is 0 Å². The van der Waals surface area contributed by atoms with Crippen LogP contribution in [0.4, 0.5) is 0 Å². The second-order valence-corrected chi connectivity index (χ2v) is 8.65. The molecule has 6 nitrogen and oxygen atoms in total. The Morgan fingerprint density at radius 2 is 1.69 bits per heavy atom. The molecule has 1 aliphatic heterocycles. The van der Waals surface area contributed by atoms with Crippen molar-refractivity contribution in [1.82, 2.24) is 15.5 Å². The van der Waals surface area contributed by atoms with Gasteiger partial charge in [0.25, 0.3) is 0 Å². The molecule has 0 atom stereocenters. The molecule has 1 heterocycles. The van der Waals surface area contributed by atoms with Crippen LogP contribution in [0.25, 0.3) is 0 Å². The largest absolute Gasteiger partial charge is 0.378 e. The molecule has 6 heteroatoms. The Hall–Kier alpha value is -1.30. The van der Waals surface area contributed by atoms with Gasteiger partial charge >= 0.3 is 0 Å². The SMILES string of the molecule is CN=C(NCCNC(=O)C(C)(C)C)N1CCC(OCC2CCCC2)CC1. The van der Waals surface area contributed by atoms with Crippen LogP contribution in [0.5, 0.6) is 0 Å². The fourth-order valence-corrected chi connectivity index (χ4v) is 3.63. The van der Waals surface area contributed by atoms with E-state index in [4.69, 9.17) is 4.74 Å². The highest BCUT2D eigenvalue weighted by atomic mass is 16.5. The fourth-order valence-electron chi connectivity index (χ4n) is 3.63. The van der Waals surface area contributed by atoms with E-state index in [1.165, 1.54) is 25.7 Å². The monoisotopic (exact) mass is 366 g/mol. The molecule has 1 amide bonds. The van der Waals surface area contributed by atoms with E-state index in [1.807, 2.05) is 27.8 Å². The summed E-state index contributed by atoms with van der Waals surface area (Å²) < 4.78 is 6.15. The summed E-state index contributed by atoms with van der Waals surface area (Å²) in [5.41, 5.74) is -0.345. The molecule has 0 radical (unpaired) electrons. The summed E-state index contributed by atoms with van der Waals surface area (Å²) in [6.07, 6.45) is 7.98. The molecular formula is C20H38N4O2. The van der Waals surface area contributed by atoms with E-state index in [1.54, 1.807) is 0 Å². The second-order valence-electron chi connectivity index (χ2n) is 8.65. The van der Waals surface area contributed by atoms with E-state index in [9.17, 15) is 4.79 Å². The van der Waals surface area contributed by atoms with Crippen LogP contribution < -0.4 is 10.6 Å². The van der Waals surface area contributed by atoms with Crippen molar-refractivity contribution in [1.29, 1.82) is 0 Å². The average Bonchev–Trinajstić information content (AvgIpc) is 3.13. The fraction of sp³-hybridized carbons (Fsp3) is 0.900. The van der Waals surface area contributed by atoms with Crippen LogP contribution in [0.3, 0.4) is 0 Å². The summed E-state index contributed by atoms with van der Waals surface area (Å²) in [7, 11) is 1.82. The molecule has 2 N–H and O–H groups in total. The standard InChI is InChI=1S/C20H38N4O2/c1-20(2,3)18(25)22-11-12-23-19(21-4)24-13-9-17(10-14-24)26-15-16-7-5-6-8-16/h16-17H,5-15H2,1-4H3,(H,21,23)(H,22,25). The number of guanidine groups is 1. The molecule has 150 valence electrons. The summed E-state index contributed by atoms with van der Waals surface area (Å²) in [5.74, 6) is 1.80. The van der Waals surface area contributed by atoms with Gasteiger partial charge in [-0.2, -0.15) is 0 Å². The minimum absolute atomic E-state index is 0.0783. The maximum absolute atomic E-state index is 11.9. The van der Waals surface area contributed by atoms with E-state index in [0.717, 1.165) is 44.4 Å². The third-order valence-electron chi connectivity index (χ3n) is 5.37. The lowest BCUT2D eigenvalue weighted by Crippen LogP contribution is -2.49. The molecule has 0 aromatic rings. The third kappa shape index (κ3) is 6.78. The number of hydrogen-bond donors (Lipinski definition) is 2. The molecule has 1 aliphatic carbocycles. The summed E-state index contributed by atoms with van der Waals surface area (Å²) >= 11 is 0. The van der Waals surface area contributed by atoms with E-state index in [0.29, 0.717) is 19.2 Å². The molecule has 0 bridgehead atoms. The molecule has 0 spiro atoms. The predicted molar refractivity (Wildman–Crippen MR) is 106 cm³/mol. The lowest BCUT2D eigenvalue weighted by molar-refractivity contribution is -0.128. The van der Waals surface area contributed by atoms with Crippen LogP contribution in [-0.2, 0) is 9.53 Å². The minimum atomic E-state index is -0.345. The number of piperidine rings is 1. The van der Waals surface area contributed by atoms with Gasteiger partial charge in [-0.15, -0.1) is 0 Å². The van der Waals surface area contributed by atoms with Gasteiger partial charge in [-0.1, -0.05) is 33.6 Å². The molecule has 2 fully saturated rings. The number of hydrogen-bond acceptors (Lipinski definition) is 3. The summed E-state index contributed by atoms with van der Waals surface area (Å²) in [6, 6.07) is 0. The van der Waals surface area contributed by atoms with Crippen molar-refractivity contribution in [2.75, 3.05) is 39.8 Å². The maximum Gasteiger partial charge on any atom is 0.225 e. The van der Waals surface area contributed by atoms with Crippen molar-refractivity contribution in [2.45, 2.75) is 65.4 Å². The maximum atomic E-state index is 11.9. The lowest BCUT2D eigenvalue weighted by atomic mass is 9.96. The summed E-state index contributed by atoms with van der Waals surface area (Å²) in [4.78, 5) is 18.6. The van der Waals surface area contributed by atoms with E-state index in [2.05, 4.69) is 20.5 Å². The zero-order valence-electron chi connectivity index (χ0n) is 17.1. The predicted octanol–water partition coefficient (Wildman–Crippen LogP) is 2.40. The molecule has 2 aliphatic rings. The first-order valence-corrected chi connectivity index (χ1v) is 10.3. The van der Waals surface area contributed by atoms with Crippen LogP contribution in [0.1, 0.15) is 59.3 Å². The number of likely N-dealkylation sites (tertiary alicyclic amines) is 1. The van der Waals surface area contributed by atoms with Gasteiger partial charge < -0.3 is 20.3 Å². The normalized spacial score (nSPS) is 20.5.